The molecule has 0 saturated carbocycles. The van der Waals surface area contributed by atoms with Crippen molar-refractivity contribution in [1.82, 2.24) is 10.2 Å². The minimum atomic E-state index is -0.626. The van der Waals surface area contributed by atoms with Crippen LogP contribution in [0.1, 0.15) is 18.0 Å². The summed E-state index contributed by atoms with van der Waals surface area (Å²) in [6.07, 6.45) is 0.306. The highest BCUT2D eigenvalue weighted by molar-refractivity contribution is 5.85. The van der Waals surface area contributed by atoms with E-state index in [1.54, 1.807) is 0 Å². The third-order valence-corrected chi connectivity index (χ3v) is 3.62. The molecule has 0 spiro atoms. The van der Waals surface area contributed by atoms with Crippen LogP contribution in [-0.4, -0.2) is 49.9 Å². The van der Waals surface area contributed by atoms with Gasteiger partial charge in [-0.3, -0.25) is 4.90 Å². The quantitative estimate of drug-likeness (QED) is 0.866. The van der Waals surface area contributed by atoms with Gasteiger partial charge >= 0.3 is 0 Å². The van der Waals surface area contributed by atoms with Crippen LogP contribution in [0.25, 0.3) is 0 Å². The Morgan fingerprint density at radius 3 is 2.33 bits per heavy atom. The van der Waals surface area contributed by atoms with E-state index >= 15 is 0 Å². The molecule has 4 nitrogen and oxygen atoms in total. The van der Waals surface area contributed by atoms with Gasteiger partial charge < -0.3 is 15.2 Å². The third-order valence-electron chi connectivity index (χ3n) is 3.62. The molecule has 0 aromatic heterocycles. The molecule has 0 bridgehead atoms. The van der Waals surface area contributed by atoms with Crippen molar-refractivity contribution in [3.63, 3.8) is 0 Å². The van der Waals surface area contributed by atoms with E-state index in [2.05, 4.69) is 5.32 Å². The van der Waals surface area contributed by atoms with Crippen molar-refractivity contribution in [3.8, 4) is 5.75 Å². The molecule has 1 heterocycles. The molecule has 1 saturated heterocycles. The van der Waals surface area contributed by atoms with E-state index in [1.807, 2.05) is 4.90 Å². The molecule has 1 aromatic rings. The van der Waals surface area contributed by atoms with Crippen molar-refractivity contribution in [1.29, 1.82) is 0 Å². The summed E-state index contributed by atoms with van der Waals surface area (Å²) < 4.78 is 33.2. The number of aliphatic hydroxyl groups excluding tert-OH is 1. The molecule has 2 rings (SSSR count). The van der Waals surface area contributed by atoms with Crippen molar-refractivity contribution in [2.24, 2.45) is 0 Å². The molecule has 2 N–H and O–H groups in total. The number of halogens is 3. The largest absolute Gasteiger partial charge is 0.497 e. The van der Waals surface area contributed by atoms with Gasteiger partial charge in [-0.05, 0) is 6.42 Å². The molecular weight excluding hydrogens is 302 g/mol. The number of hydrogen-bond donors (Lipinski definition) is 2. The highest BCUT2D eigenvalue weighted by atomic mass is 35.5. The number of ether oxygens (including phenoxy) is 1. The minimum absolute atomic E-state index is 0. The summed E-state index contributed by atoms with van der Waals surface area (Å²) in [4.78, 5) is 2.00. The second-order valence-electron chi connectivity index (χ2n) is 4.82. The number of hydrogen-bond acceptors (Lipinski definition) is 4. The molecule has 1 fully saturated rings. The number of aliphatic hydroxyl groups is 1. The Morgan fingerprint density at radius 1 is 1.29 bits per heavy atom. The van der Waals surface area contributed by atoms with Gasteiger partial charge in [0.1, 0.15) is 17.4 Å². The fraction of sp³-hybridized carbons (Fsp3) is 0.571. The second kappa shape index (κ2) is 8.48. The van der Waals surface area contributed by atoms with E-state index in [1.165, 1.54) is 19.2 Å². The smallest absolute Gasteiger partial charge is 0.134 e. The van der Waals surface area contributed by atoms with Crippen LogP contribution in [0.2, 0.25) is 0 Å². The number of rotatable bonds is 5. The molecule has 21 heavy (non-hydrogen) atoms. The lowest BCUT2D eigenvalue weighted by Crippen LogP contribution is -2.45. The first-order chi connectivity index (χ1) is 9.67. The second-order valence-corrected chi connectivity index (χ2v) is 4.82. The lowest BCUT2D eigenvalue weighted by atomic mass is 10.00. The summed E-state index contributed by atoms with van der Waals surface area (Å²) in [5.41, 5.74) is 0.0155. The number of nitrogens with one attached hydrogen (secondary N) is 1. The summed E-state index contributed by atoms with van der Waals surface area (Å²) in [5, 5.41) is 12.4. The lowest BCUT2D eigenvalue weighted by Gasteiger charge is -2.35. The topological polar surface area (TPSA) is 44.7 Å². The van der Waals surface area contributed by atoms with E-state index < -0.39 is 17.7 Å². The molecular formula is C14H21ClF2N2O2. The first-order valence-corrected chi connectivity index (χ1v) is 6.76. The first-order valence-electron chi connectivity index (χ1n) is 6.76. The van der Waals surface area contributed by atoms with Crippen LogP contribution < -0.4 is 10.1 Å². The van der Waals surface area contributed by atoms with E-state index in [0.717, 1.165) is 13.1 Å². The predicted octanol–water partition coefficient (Wildman–Crippen LogP) is 1.72. The van der Waals surface area contributed by atoms with Crippen LogP contribution in [-0.2, 0) is 0 Å². The number of benzene rings is 1. The molecule has 1 atom stereocenters. The van der Waals surface area contributed by atoms with Gasteiger partial charge in [0.05, 0.1) is 7.11 Å². The predicted molar refractivity (Wildman–Crippen MR) is 79.0 cm³/mol. The highest BCUT2D eigenvalue weighted by Crippen LogP contribution is 2.31. The summed E-state index contributed by atoms with van der Waals surface area (Å²) in [6, 6.07) is 1.92. The van der Waals surface area contributed by atoms with E-state index in [9.17, 15) is 13.9 Å². The zero-order chi connectivity index (χ0) is 14.5. The molecule has 1 aliphatic rings. The van der Waals surface area contributed by atoms with Gasteiger partial charge in [-0.15, -0.1) is 12.4 Å². The summed E-state index contributed by atoms with van der Waals surface area (Å²) in [7, 11) is 1.37. The Hall–Kier alpha value is -0.950. The van der Waals surface area contributed by atoms with Crippen molar-refractivity contribution >= 4 is 12.4 Å². The van der Waals surface area contributed by atoms with E-state index in [4.69, 9.17) is 4.74 Å². The van der Waals surface area contributed by atoms with E-state index in [-0.39, 0.29) is 30.3 Å². The van der Waals surface area contributed by atoms with E-state index in [0.29, 0.717) is 19.5 Å². The van der Waals surface area contributed by atoms with Crippen LogP contribution in [0.5, 0.6) is 5.75 Å². The molecule has 0 radical (unpaired) electrons. The fourth-order valence-corrected chi connectivity index (χ4v) is 2.62. The maximum atomic E-state index is 14.2. The zero-order valence-electron chi connectivity index (χ0n) is 11.9. The van der Waals surface area contributed by atoms with Gasteiger partial charge in [0, 0.05) is 56.5 Å². The lowest BCUT2D eigenvalue weighted by molar-refractivity contribution is 0.135. The summed E-state index contributed by atoms with van der Waals surface area (Å²) in [5.74, 6) is -1.09. The molecule has 7 heteroatoms. The normalized spacial score (nSPS) is 17.1. The molecule has 1 aromatic carbocycles. The van der Waals surface area contributed by atoms with Crippen LogP contribution in [0, 0.1) is 11.6 Å². The Balaban J connectivity index is 0.00000220. The zero-order valence-corrected chi connectivity index (χ0v) is 12.8. The van der Waals surface area contributed by atoms with Gasteiger partial charge in [-0.25, -0.2) is 8.78 Å². The monoisotopic (exact) mass is 322 g/mol. The van der Waals surface area contributed by atoms with Crippen molar-refractivity contribution in [2.75, 3.05) is 39.9 Å². The summed E-state index contributed by atoms with van der Waals surface area (Å²) >= 11 is 0. The minimum Gasteiger partial charge on any atom is -0.497 e. The van der Waals surface area contributed by atoms with Gasteiger partial charge in [0.2, 0.25) is 0 Å². The number of nitrogens with zero attached hydrogens (tertiary/aromatic N) is 1. The average molecular weight is 323 g/mol. The van der Waals surface area contributed by atoms with Crippen molar-refractivity contribution in [3.05, 3.63) is 29.3 Å². The highest BCUT2D eigenvalue weighted by Gasteiger charge is 2.27. The standard InChI is InChI=1S/C14H20F2N2O2.ClH/c1-20-10-8-11(15)14(12(16)9-10)13(2-7-19)18-5-3-17-4-6-18;/h8-9,13,17,19H,2-7H2,1H3;1H/t13-;/m0./s1. The van der Waals surface area contributed by atoms with Crippen LogP contribution in [0.4, 0.5) is 8.78 Å². The average Bonchev–Trinajstić information content (AvgIpc) is 2.46. The van der Waals surface area contributed by atoms with Crippen LogP contribution in [0.3, 0.4) is 0 Å². The fourth-order valence-electron chi connectivity index (χ4n) is 2.62. The summed E-state index contributed by atoms with van der Waals surface area (Å²) in [6.45, 7) is 2.85. The Morgan fingerprint density at radius 2 is 1.86 bits per heavy atom. The maximum Gasteiger partial charge on any atom is 0.134 e. The van der Waals surface area contributed by atoms with Gasteiger partial charge in [-0.1, -0.05) is 0 Å². The molecule has 120 valence electrons. The van der Waals surface area contributed by atoms with Crippen LogP contribution in [0.15, 0.2) is 12.1 Å². The molecule has 1 aliphatic heterocycles. The van der Waals surface area contributed by atoms with Crippen molar-refractivity contribution in [2.45, 2.75) is 12.5 Å². The molecule has 0 unspecified atom stereocenters. The third kappa shape index (κ3) is 4.26. The Bertz CT molecular complexity index is 434. The number of methoxy groups -OCH3 is 1. The maximum absolute atomic E-state index is 14.2. The van der Waals surface area contributed by atoms with Crippen LogP contribution >= 0.6 is 12.4 Å². The van der Waals surface area contributed by atoms with Crippen molar-refractivity contribution < 1.29 is 18.6 Å². The molecule has 0 aliphatic carbocycles. The molecule has 0 amide bonds. The SMILES string of the molecule is COc1cc(F)c([C@H](CCO)N2CCNCC2)c(F)c1.Cl. The van der Waals surface area contributed by atoms with Gasteiger partial charge in [-0.2, -0.15) is 0 Å². The Kier molecular flexibility index (Phi) is 7.31. The Labute approximate surface area is 129 Å². The van der Waals surface area contributed by atoms with Gasteiger partial charge in [0.15, 0.2) is 0 Å². The number of piperazine rings is 1. The first kappa shape index (κ1) is 18.1. The van der Waals surface area contributed by atoms with Gasteiger partial charge in [0.25, 0.3) is 0 Å².